The van der Waals surface area contributed by atoms with E-state index in [1.54, 1.807) is 25.7 Å². The Hall–Kier alpha value is -2.57. The molecule has 38 heavy (non-hydrogen) atoms. The van der Waals surface area contributed by atoms with E-state index in [-0.39, 0.29) is 17.7 Å². The van der Waals surface area contributed by atoms with Crippen LogP contribution in [0.3, 0.4) is 0 Å². The lowest BCUT2D eigenvalue weighted by atomic mass is 9.95. The minimum absolute atomic E-state index is 0.144. The number of amides is 3. The van der Waals surface area contributed by atoms with Crippen molar-refractivity contribution in [3.05, 3.63) is 35.4 Å². The highest BCUT2D eigenvalue weighted by molar-refractivity contribution is 5.92. The van der Waals surface area contributed by atoms with Gasteiger partial charge in [-0.3, -0.25) is 9.59 Å². The van der Waals surface area contributed by atoms with Crippen molar-refractivity contribution in [2.75, 3.05) is 6.54 Å². The predicted molar refractivity (Wildman–Crippen MR) is 155 cm³/mol. The number of hydrogen-bond acceptors (Lipinski definition) is 4. The lowest BCUT2D eigenvalue weighted by molar-refractivity contribution is -0.143. The molecule has 0 fully saturated rings. The largest absolute Gasteiger partial charge is 0.444 e. The number of nitrogens with one attached hydrogen (secondary N) is 2. The molecule has 1 aromatic rings. The lowest BCUT2D eigenvalue weighted by Gasteiger charge is -2.37. The fourth-order valence-corrected chi connectivity index (χ4v) is 4.38. The van der Waals surface area contributed by atoms with Crippen molar-refractivity contribution in [1.29, 1.82) is 0 Å². The number of rotatable bonds is 13. The zero-order chi connectivity index (χ0) is 29.1. The lowest BCUT2D eigenvalue weighted by Crippen LogP contribution is -2.55. The van der Waals surface area contributed by atoms with E-state index in [4.69, 9.17) is 4.74 Å². The minimum Gasteiger partial charge on any atom is -0.444 e. The molecule has 7 nitrogen and oxygen atoms in total. The summed E-state index contributed by atoms with van der Waals surface area (Å²) in [5.74, 6) is -0.350. The highest BCUT2D eigenvalue weighted by atomic mass is 16.6. The molecule has 1 rings (SSSR count). The maximum Gasteiger partial charge on any atom is 0.408 e. The summed E-state index contributed by atoms with van der Waals surface area (Å²) in [6.07, 6.45) is 4.88. The fraction of sp³-hybridized carbons (Fsp3) is 0.710. The third-order valence-corrected chi connectivity index (χ3v) is 6.02. The Morgan fingerprint density at radius 3 is 2.08 bits per heavy atom. The first kappa shape index (κ1) is 33.5. The number of hydrogen-bond donors (Lipinski definition) is 2. The van der Waals surface area contributed by atoms with Crippen LogP contribution in [0.25, 0.3) is 0 Å². The molecule has 0 heterocycles. The van der Waals surface area contributed by atoms with Crippen molar-refractivity contribution in [3.63, 3.8) is 0 Å². The Morgan fingerprint density at radius 2 is 1.55 bits per heavy atom. The number of nitrogens with zero attached hydrogens (tertiary/aromatic N) is 1. The molecular weight excluding hydrogens is 478 g/mol. The number of carbonyl (C=O) groups excluding carboxylic acids is 3. The number of carbonyl (C=O) groups is 3. The molecule has 0 bridgehead atoms. The molecule has 2 N–H and O–H groups in total. The highest BCUT2D eigenvalue weighted by Gasteiger charge is 2.37. The summed E-state index contributed by atoms with van der Waals surface area (Å²) in [5, 5.41) is 5.92. The average Bonchev–Trinajstić information content (AvgIpc) is 2.75. The summed E-state index contributed by atoms with van der Waals surface area (Å²) in [7, 11) is 0. The number of alkyl carbamates (subject to hydrolysis) is 1. The van der Waals surface area contributed by atoms with E-state index in [0.717, 1.165) is 43.2 Å². The molecule has 0 spiro atoms. The van der Waals surface area contributed by atoms with Crippen LogP contribution in [0.15, 0.2) is 24.3 Å². The first-order chi connectivity index (χ1) is 17.6. The molecule has 0 saturated heterocycles. The smallest absolute Gasteiger partial charge is 0.408 e. The first-order valence-corrected chi connectivity index (χ1v) is 14.2. The zero-order valence-corrected chi connectivity index (χ0v) is 25.6. The van der Waals surface area contributed by atoms with Crippen molar-refractivity contribution < 1.29 is 19.1 Å². The Balaban J connectivity index is 3.52. The number of unbranched alkanes of at least 4 members (excludes halogenated alkanes) is 4. The Bertz CT molecular complexity index is 899. The molecule has 3 amide bonds. The van der Waals surface area contributed by atoms with Crippen LogP contribution in [-0.2, 0) is 14.3 Å². The molecule has 2 atom stereocenters. The van der Waals surface area contributed by atoms with Gasteiger partial charge < -0.3 is 20.3 Å². The third-order valence-electron chi connectivity index (χ3n) is 6.02. The summed E-state index contributed by atoms with van der Waals surface area (Å²) < 4.78 is 5.48. The monoisotopic (exact) mass is 531 g/mol. The van der Waals surface area contributed by atoms with Crippen LogP contribution in [0.2, 0.25) is 0 Å². The van der Waals surface area contributed by atoms with Gasteiger partial charge in [-0.05, 0) is 78.4 Å². The van der Waals surface area contributed by atoms with Gasteiger partial charge in [0, 0.05) is 12.1 Å². The molecule has 0 radical (unpaired) electrons. The van der Waals surface area contributed by atoms with Gasteiger partial charge in [-0.1, -0.05) is 70.7 Å². The molecule has 1 aromatic carbocycles. The standard InChI is InChI=1S/C31H53N3O4/c1-11-12-13-14-17-20-34(28(36)25(21-22(2)3)32-29(37)38-31(8,9)10)26(27(35)33-30(5,6)7)24-19-16-15-18-23(24)4/h15-16,18-19,22,25-26H,11-14,17,20-21H2,1-10H3,(H,32,37)(H,33,35). The summed E-state index contributed by atoms with van der Waals surface area (Å²) in [6.45, 7) is 19.7. The zero-order valence-electron chi connectivity index (χ0n) is 25.6. The quantitative estimate of drug-likeness (QED) is 0.278. The van der Waals surface area contributed by atoms with Gasteiger partial charge in [0.05, 0.1) is 0 Å². The normalized spacial score (nSPS) is 13.6. The molecule has 0 aromatic heterocycles. The fourth-order valence-electron chi connectivity index (χ4n) is 4.38. The van der Waals surface area contributed by atoms with E-state index in [1.165, 1.54) is 0 Å². The van der Waals surface area contributed by atoms with Gasteiger partial charge in [-0.2, -0.15) is 0 Å². The van der Waals surface area contributed by atoms with E-state index in [0.29, 0.717) is 13.0 Å². The topological polar surface area (TPSA) is 87.7 Å². The molecule has 0 saturated carbocycles. The van der Waals surface area contributed by atoms with Gasteiger partial charge in [-0.15, -0.1) is 0 Å². The summed E-state index contributed by atoms with van der Waals surface area (Å²) in [6, 6.07) is 6.08. The summed E-state index contributed by atoms with van der Waals surface area (Å²) >= 11 is 0. The average molecular weight is 532 g/mol. The van der Waals surface area contributed by atoms with E-state index < -0.39 is 29.3 Å². The van der Waals surface area contributed by atoms with Crippen LogP contribution in [0.4, 0.5) is 4.79 Å². The molecule has 0 aliphatic rings. The van der Waals surface area contributed by atoms with Gasteiger partial charge in [-0.25, -0.2) is 4.79 Å². The van der Waals surface area contributed by atoms with Gasteiger partial charge in [0.1, 0.15) is 17.7 Å². The minimum atomic E-state index is -0.816. The van der Waals surface area contributed by atoms with Gasteiger partial charge in [0.15, 0.2) is 0 Å². The van der Waals surface area contributed by atoms with Gasteiger partial charge >= 0.3 is 6.09 Å². The van der Waals surface area contributed by atoms with E-state index in [2.05, 4.69) is 17.6 Å². The SMILES string of the molecule is CCCCCCCN(C(=O)C(CC(C)C)NC(=O)OC(C)(C)C)C(C(=O)NC(C)(C)C)c1ccccc1C. The van der Waals surface area contributed by atoms with Crippen molar-refractivity contribution in [1.82, 2.24) is 15.5 Å². The Morgan fingerprint density at radius 1 is 0.947 bits per heavy atom. The molecule has 0 aliphatic heterocycles. The van der Waals surface area contributed by atoms with Crippen LogP contribution < -0.4 is 10.6 Å². The summed E-state index contributed by atoms with van der Waals surface area (Å²) in [5.41, 5.74) is 0.563. The highest BCUT2D eigenvalue weighted by Crippen LogP contribution is 2.28. The van der Waals surface area contributed by atoms with Gasteiger partial charge in [0.25, 0.3) is 0 Å². The van der Waals surface area contributed by atoms with Crippen molar-refractivity contribution in [2.24, 2.45) is 5.92 Å². The molecule has 0 aliphatic carbocycles. The Kier molecular flexibility index (Phi) is 13.3. The van der Waals surface area contributed by atoms with Crippen molar-refractivity contribution in [2.45, 2.75) is 131 Å². The molecule has 216 valence electrons. The Labute approximate surface area is 231 Å². The molecule has 2 unspecified atom stereocenters. The third kappa shape index (κ3) is 12.3. The van der Waals surface area contributed by atoms with Gasteiger partial charge in [0.2, 0.25) is 11.8 Å². The van der Waals surface area contributed by atoms with E-state index >= 15 is 0 Å². The molecule has 7 heteroatoms. The van der Waals surface area contributed by atoms with E-state index in [1.807, 2.05) is 65.8 Å². The van der Waals surface area contributed by atoms with Crippen LogP contribution in [0.1, 0.15) is 118 Å². The van der Waals surface area contributed by atoms with Crippen LogP contribution >= 0.6 is 0 Å². The summed E-state index contributed by atoms with van der Waals surface area (Å²) in [4.78, 5) is 42.5. The second-order valence-corrected chi connectivity index (χ2v) is 12.8. The number of benzene rings is 1. The predicted octanol–water partition coefficient (Wildman–Crippen LogP) is 6.69. The maximum absolute atomic E-state index is 14.3. The van der Waals surface area contributed by atoms with Crippen LogP contribution in [0.5, 0.6) is 0 Å². The second kappa shape index (κ2) is 15.1. The van der Waals surface area contributed by atoms with Crippen molar-refractivity contribution in [3.8, 4) is 0 Å². The van der Waals surface area contributed by atoms with E-state index in [9.17, 15) is 14.4 Å². The van der Waals surface area contributed by atoms with Crippen LogP contribution in [-0.4, -0.2) is 46.5 Å². The maximum atomic E-state index is 14.3. The number of aryl methyl sites for hydroxylation is 1. The number of ether oxygens (including phenoxy) is 1. The van der Waals surface area contributed by atoms with Crippen molar-refractivity contribution >= 4 is 17.9 Å². The first-order valence-electron chi connectivity index (χ1n) is 14.2. The second-order valence-electron chi connectivity index (χ2n) is 12.8. The van der Waals surface area contributed by atoms with Crippen LogP contribution in [0, 0.1) is 12.8 Å². The molecular formula is C31H53N3O4.